The Bertz CT molecular complexity index is 590. The van der Waals surface area contributed by atoms with Gasteiger partial charge in [-0.1, -0.05) is 23.4 Å². The van der Waals surface area contributed by atoms with Crippen LogP contribution >= 0.6 is 0 Å². The van der Waals surface area contributed by atoms with E-state index in [2.05, 4.69) is 10.3 Å². The number of nitrogens with zero attached hydrogens (tertiary/aromatic N) is 4. The molecular weight excluding hydrogens is 219 g/mol. The van der Waals surface area contributed by atoms with Crippen LogP contribution in [0.5, 0.6) is 0 Å². The number of rotatable bonds is 2. The Morgan fingerprint density at radius 2 is 2.00 bits per heavy atom. The van der Waals surface area contributed by atoms with Gasteiger partial charge in [0.15, 0.2) is 5.69 Å². The molecular formula is C12H9FN4. The van der Waals surface area contributed by atoms with Crippen molar-refractivity contribution in [3.05, 3.63) is 47.0 Å². The third-order valence-corrected chi connectivity index (χ3v) is 2.28. The quantitative estimate of drug-likeness (QED) is 0.789. The van der Waals surface area contributed by atoms with Gasteiger partial charge in [0.1, 0.15) is 11.9 Å². The summed E-state index contributed by atoms with van der Waals surface area (Å²) in [6.45, 7) is 0. The van der Waals surface area contributed by atoms with Gasteiger partial charge in [0.05, 0.1) is 5.69 Å². The molecule has 2 rings (SSSR count). The Hall–Kier alpha value is -2.48. The van der Waals surface area contributed by atoms with E-state index in [1.807, 2.05) is 6.07 Å². The SMILES string of the molecule is Cn1nnc(C#N)c1/C=C/c1ccc(F)cc1. The molecule has 0 aliphatic heterocycles. The molecule has 0 amide bonds. The van der Waals surface area contributed by atoms with E-state index in [1.54, 1.807) is 31.3 Å². The molecule has 0 spiro atoms. The maximum Gasteiger partial charge on any atom is 0.189 e. The fourth-order valence-electron chi connectivity index (χ4n) is 1.38. The Morgan fingerprint density at radius 1 is 1.29 bits per heavy atom. The molecule has 0 saturated carbocycles. The molecule has 1 heterocycles. The van der Waals surface area contributed by atoms with Crippen molar-refractivity contribution in [2.45, 2.75) is 0 Å². The molecule has 0 fully saturated rings. The molecule has 0 N–H and O–H groups in total. The van der Waals surface area contributed by atoms with E-state index >= 15 is 0 Å². The van der Waals surface area contributed by atoms with Gasteiger partial charge in [0.25, 0.3) is 0 Å². The molecule has 0 radical (unpaired) electrons. The van der Waals surface area contributed by atoms with Crippen molar-refractivity contribution in [2.75, 3.05) is 0 Å². The molecule has 2 aromatic rings. The number of benzene rings is 1. The Balaban J connectivity index is 2.29. The minimum atomic E-state index is -0.276. The van der Waals surface area contributed by atoms with Crippen molar-refractivity contribution < 1.29 is 4.39 Å². The fraction of sp³-hybridized carbons (Fsp3) is 0.0833. The number of nitriles is 1. The summed E-state index contributed by atoms with van der Waals surface area (Å²) < 4.78 is 14.2. The number of halogens is 1. The van der Waals surface area contributed by atoms with Gasteiger partial charge >= 0.3 is 0 Å². The zero-order chi connectivity index (χ0) is 12.3. The van der Waals surface area contributed by atoms with E-state index in [1.165, 1.54) is 16.8 Å². The van der Waals surface area contributed by atoms with Crippen molar-refractivity contribution in [3.63, 3.8) is 0 Å². The highest BCUT2D eigenvalue weighted by Crippen LogP contribution is 2.10. The highest BCUT2D eigenvalue weighted by Gasteiger charge is 2.05. The van der Waals surface area contributed by atoms with E-state index in [0.29, 0.717) is 5.69 Å². The van der Waals surface area contributed by atoms with Gasteiger partial charge in [-0.2, -0.15) is 5.26 Å². The Morgan fingerprint density at radius 3 is 2.65 bits per heavy atom. The minimum Gasteiger partial charge on any atom is -0.247 e. The number of hydrogen-bond donors (Lipinski definition) is 0. The summed E-state index contributed by atoms with van der Waals surface area (Å²) in [5, 5.41) is 16.3. The molecule has 0 aliphatic rings. The minimum absolute atomic E-state index is 0.269. The van der Waals surface area contributed by atoms with Crippen LogP contribution in [0.15, 0.2) is 24.3 Å². The van der Waals surface area contributed by atoms with Gasteiger partial charge in [-0.3, -0.25) is 0 Å². The smallest absolute Gasteiger partial charge is 0.189 e. The zero-order valence-corrected chi connectivity index (χ0v) is 9.13. The maximum absolute atomic E-state index is 12.7. The van der Waals surface area contributed by atoms with Gasteiger partial charge < -0.3 is 0 Å². The lowest BCUT2D eigenvalue weighted by Gasteiger charge is -1.94. The third-order valence-electron chi connectivity index (χ3n) is 2.28. The van der Waals surface area contributed by atoms with Crippen molar-refractivity contribution in [2.24, 2.45) is 7.05 Å². The van der Waals surface area contributed by atoms with Crippen LogP contribution in [-0.2, 0) is 7.05 Å². The number of aryl methyl sites for hydroxylation is 1. The number of hydrogen-bond acceptors (Lipinski definition) is 3. The first-order valence-corrected chi connectivity index (χ1v) is 4.94. The summed E-state index contributed by atoms with van der Waals surface area (Å²) in [4.78, 5) is 0. The van der Waals surface area contributed by atoms with Crippen LogP contribution < -0.4 is 0 Å². The second kappa shape index (κ2) is 4.58. The standard InChI is InChI=1S/C12H9FN4/c1-17-12(11(8-14)15-16-17)7-4-9-2-5-10(13)6-3-9/h2-7H,1H3/b7-4+. The van der Waals surface area contributed by atoms with E-state index in [4.69, 9.17) is 5.26 Å². The highest BCUT2D eigenvalue weighted by molar-refractivity contribution is 5.69. The third kappa shape index (κ3) is 2.37. The van der Waals surface area contributed by atoms with Gasteiger partial charge in [-0.15, -0.1) is 5.10 Å². The van der Waals surface area contributed by atoms with Crippen molar-refractivity contribution in [3.8, 4) is 6.07 Å². The molecule has 1 aromatic carbocycles. The van der Waals surface area contributed by atoms with Crippen LogP contribution in [0, 0.1) is 17.1 Å². The molecule has 0 aliphatic carbocycles. The first-order chi connectivity index (χ1) is 8.20. The lowest BCUT2D eigenvalue weighted by atomic mass is 10.2. The molecule has 0 atom stereocenters. The lowest BCUT2D eigenvalue weighted by Crippen LogP contribution is -1.93. The summed E-state index contributed by atoms with van der Waals surface area (Å²) in [5.41, 5.74) is 1.74. The topological polar surface area (TPSA) is 54.5 Å². The fourth-order valence-corrected chi connectivity index (χ4v) is 1.38. The van der Waals surface area contributed by atoms with E-state index in [9.17, 15) is 4.39 Å². The normalized spacial score (nSPS) is 10.6. The largest absolute Gasteiger partial charge is 0.247 e. The predicted molar refractivity (Wildman–Crippen MR) is 61.0 cm³/mol. The van der Waals surface area contributed by atoms with Crippen LogP contribution in [-0.4, -0.2) is 15.0 Å². The summed E-state index contributed by atoms with van der Waals surface area (Å²) >= 11 is 0. The van der Waals surface area contributed by atoms with Gasteiger partial charge in [0, 0.05) is 7.05 Å². The summed E-state index contributed by atoms with van der Waals surface area (Å²) in [5.74, 6) is -0.276. The van der Waals surface area contributed by atoms with Gasteiger partial charge in [-0.05, 0) is 23.8 Å². The van der Waals surface area contributed by atoms with Crippen molar-refractivity contribution in [1.82, 2.24) is 15.0 Å². The second-order valence-corrected chi connectivity index (χ2v) is 3.44. The van der Waals surface area contributed by atoms with Crippen LogP contribution in [0.1, 0.15) is 17.0 Å². The predicted octanol–water partition coefficient (Wildman–Crippen LogP) is 2.00. The van der Waals surface area contributed by atoms with Gasteiger partial charge in [-0.25, -0.2) is 9.07 Å². The monoisotopic (exact) mass is 228 g/mol. The van der Waals surface area contributed by atoms with Crippen molar-refractivity contribution in [1.29, 1.82) is 5.26 Å². The molecule has 84 valence electrons. The second-order valence-electron chi connectivity index (χ2n) is 3.44. The average molecular weight is 228 g/mol. The Labute approximate surface area is 97.6 Å². The summed E-state index contributed by atoms with van der Waals surface area (Å²) in [6, 6.07) is 8.03. The van der Waals surface area contributed by atoms with Gasteiger partial charge in [0.2, 0.25) is 0 Å². The molecule has 0 saturated heterocycles. The van der Waals surface area contributed by atoms with E-state index < -0.39 is 0 Å². The first-order valence-electron chi connectivity index (χ1n) is 4.94. The van der Waals surface area contributed by atoms with Crippen molar-refractivity contribution >= 4 is 12.2 Å². The molecule has 0 unspecified atom stereocenters. The molecule has 1 aromatic heterocycles. The average Bonchev–Trinajstić information content (AvgIpc) is 2.69. The first kappa shape index (κ1) is 11.0. The Kier molecular flexibility index (Phi) is 2.97. The molecule has 5 heteroatoms. The van der Waals surface area contributed by atoms with E-state index in [-0.39, 0.29) is 11.5 Å². The molecule has 4 nitrogen and oxygen atoms in total. The molecule has 0 bridgehead atoms. The van der Waals surface area contributed by atoms with Crippen LogP contribution in [0.3, 0.4) is 0 Å². The van der Waals surface area contributed by atoms with Crippen LogP contribution in [0.25, 0.3) is 12.2 Å². The summed E-state index contributed by atoms with van der Waals surface area (Å²) in [7, 11) is 1.71. The van der Waals surface area contributed by atoms with Crippen LogP contribution in [0.2, 0.25) is 0 Å². The highest BCUT2D eigenvalue weighted by atomic mass is 19.1. The lowest BCUT2D eigenvalue weighted by molar-refractivity contribution is 0.628. The zero-order valence-electron chi connectivity index (χ0n) is 9.13. The van der Waals surface area contributed by atoms with Crippen LogP contribution in [0.4, 0.5) is 4.39 Å². The summed E-state index contributed by atoms with van der Waals surface area (Å²) in [6.07, 6.45) is 3.50. The molecule has 17 heavy (non-hydrogen) atoms. The maximum atomic E-state index is 12.7. The van der Waals surface area contributed by atoms with E-state index in [0.717, 1.165) is 5.56 Å². The number of aromatic nitrogens is 3.